The van der Waals surface area contributed by atoms with Gasteiger partial charge in [0.1, 0.15) is 5.82 Å². The molecular weight excluding hydrogens is 182 g/mol. The van der Waals surface area contributed by atoms with Gasteiger partial charge in [-0.25, -0.2) is 14.8 Å². The summed E-state index contributed by atoms with van der Waals surface area (Å²) in [5.41, 5.74) is 4.71. The van der Waals surface area contributed by atoms with Crippen LogP contribution in [0.5, 0.6) is 5.75 Å². The van der Waals surface area contributed by atoms with Gasteiger partial charge in [0.05, 0.1) is 12.4 Å². The number of aromatic nitrogens is 2. The highest BCUT2D eigenvalue weighted by Crippen LogP contribution is 2.18. The second kappa shape index (κ2) is 3.61. The zero-order valence-electron chi connectivity index (χ0n) is 8.44. The number of nitrogens with zero attached hydrogens (tertiary/aromatic N) is 2. The van der Waals surface area contributed by atoms with Crippen molar-refractivity contribution in [3.63, 3.8) is 0 Å². The third-order valence-corrected chi connectivity index (χ3v) is 1.52. The van der Waals surface area contributed by atoms with Crippen molar-refractivity contribution < 1.29 is 9.53 Å². The molecule has 1 amide bonds. The number of nitrogens with two attached hydrogens (primary N) is 1. The molecule has 1 aromatic rings. The van der Waals surface area contributed by atoms with E-state index in [1.165, 1.54) is 12.4 Å². The number of amides is 1. The number of hydrogen-bond acceptors (Lipinski definition) is 4. The Morgan fingerprint density at radius 1 is 1.36 bits per heavy atom. The third-order valence-electron chi connectivity index (χ3n) is 1.52. The third kappa shape index (κ3) is 2.69. The van der Waals surface area contributed by atoms with Crippen molar-refractivity contribution in [3.05, 3.63) is 18.2 Å². The average Bonchev–Trinajstić information content (AvgIpc) is 2.02. The lowest BCUT2D eigenvalue weighted by molar-refractivity contribution is 0.210. The molecule has 0 saturated carbocycles. The van der Waals surface area contributed by atoms with Gasteiger partial charge in [0.25, 0.3) is 0 Å². The van der Waals surface area contributed by atoms with Gasteiger partial charge in [-0.05, 0) is 0 Å². The van der Waals surface area contributed by atoms with E-state index in [1.807, 2.05) is 20.8 Å². The predicted molar refractivity (Wildman–Crippen MR) is 50.9 cm³/mol. The first kappa shape index (κ1) is 10.4. The molecule has 0 saturated heterocycles. The molecule has 0 aliphatic rings. The van der Waals surface area contributed by atoms with Crippen LogP contribution in [0.1, 0.15) is 26.6 Å². The highest BCUT2D eigenvalue weighted by atomic mass is 16.5. The molecule has 76 valence electrons. The Labute approximate surface area is 82.3 Å². The molecule has 0 bridgehead atoms. The summed E-state index contributed by atoms with van der Waals surface area (Å²) in [7, 11) is 0. The standard InChI is InChI=1S/C9H13N3O2/c1-9(2,3)7-11-4-6(5-12-7)14-8(10)13/h4-5H,1-3H3,(H2,10,13). The van der Waals surface area contributed by atoms with Crippen molar-refractivity contribution in [2.45, 2.75) is 26.2 Å². The maximum absolute atomic E-state index is 10.4. The van der Waals surface area contributed by atoms with Crippen LogP contribution in [0.15, 0.2) is 12.4 Å². The van der Waals surface area contributed by atoms with Gasteiger partial charge < -0.3 is 10.5 Å². The zero-order chi connectivity index (χ0) is 10.8. The van der Waals surface area contributed by atoms with E-state index in [1.54, 1.807) is 0 Å². The lowest BCUT2D eigenvalue weighted by Crippen LogP contribution is -2.18. The van der Waals surface area contributed by atoms with E-state index in [0.717, 1.165) is 0 Å². The van der Waals surface area contributed by atoms with Gasteiger partial charge >= 0.3 is 6.09 Å². The SMILES string of the molecule is CC(C)(C)c1ncc(OC(N)=O)cn1. The van der Waals surface area contributed by atoms with Gasteiger partial charge in [-0.1, -0.05) is 20.8 Å². The summed E-state index contributed by atoms with van der Waals surface area (Å²) in [4.78, 5) is 18.5. The number of rotatable bonds is 1. The molecule has 5 nitrogen and oxygen atoms in total. The molecule has 0 radical (unpaired) electrons. The van der Waals surface area contributed by atoms with E-state index in [0.29, 0.717) is 5.82 Å². The maximum Gasteiger partial charge on any atom is 0.410 e. The lowest BCUT2D eigenvalue weighted by atomic mass is 9.96. The van der Waals surface area contributed by atoms with Crippen LogP contribution in [-0.4, -0.2) is 16.1 Å². The number of primary amides is 1. The topological polar surface area (TPSA) is 78.1 Å². The maximum atomic E-state index is 10.4. The number of carbonyl (C=O) groups is 1. The Bertz CT molecular complexity index is 327. The molecule has 1 heterocycles. The fourth-order valence-electron chi connectivity index (χ4n) is 0.872. The molecule has 0 fully saturated rings. The van der Waals surface area contributed by atoms with E-state index in [-0.39, 0.29) is 11.2 Å². The molecule has 5 heteroatoms. The number of carbonyl (C=O) groups excluding carboxylic acids is 1. The van der Waals surface area contributed by atoms with Crippen molar-refractivity contribution in [2.24, 2.45) is 5.73 Å². The van der Waals surface area contributed by atoms with Crippen molar-refractivity contribution in [1.29, 1.82) is 0 Å². The van der Waals surface area contributed by atoms with E-state index in [4.69, 9.17) is 5.73 Å². The van der Waals surface area contributed by atoms with E-state index >= 15 is 0 Å². The van der Waals surface area contributed by atoms with Crippen LogP contribution >= 0.6 is 0 Å². The minimum Gasteiger partial charge on any atom is -0.407 e. The van der Waals surface area contributed by atoms with E-state index in [9.17, 15) is 4.79 Å². The molecule has 0 unspecified atom stereocenters. The van der Waals surface area contributed by atoms with Crippen molar-refractivity contribution >= 4 is 6.09 Å². The smallest absolute Gasteiger partial charge is 0.407 e. The Balaban J connectivity index is 2.84. The summed E-state index contributed by atoms with van der Waals surface area (Å²) in [6.07, 6.45) is 1.99. The van der Waals surface area contributed by atoms with Crippen molar-refractivity contribution in [3.8, 4) is 5.75 Å². The molecule has 1 aromatic heterocycles. The average molecular weight is 195 g/mol. The van der Waals surface area contributed by atoms with Crippen LogP contribution in [0.4, 0.5) is 4.79 Å². The first-order valence-corrected chi connectivity index (χ1v) is 4.19. The molecule has 14 heavy (non-hydrogen) atoms. The highest BCUT2D eigenvalue weighted by molar-refractivity contribution is 5.67. The molecule has 0 aliphatic carbocycles. The summed E-state index contributed by atoms with van der Waals surface area (Å²) in [5, 5.41) is 0. The summed E-state index contributed by atoms with van der Waals surface area (Å²) >= 11 is 0. The number of hydrogen-bond donors (Lipinski definition) is 1. The van der Waals surface area contributed by atoms with Gasteiger partial charge in [-0.3, -0.25) is 0 Å². The quantitative estimate of drug-likeness (QED) is 0.731. The van der Waals surface area contributed by atoms with Gasteiger partial charge in [0.2, 0.25) is 0 Å². The van der Waals surface area contributed by atoms with Crippen molar-refractivity contribution in [2.75, 3.05) is 0 Å². The predicted octanol–water partition coefficient (Wildman–Crippen LogP) is 1.23. The molecule has 0 spiro atoms. The van der Waals surface area contributed by atoms with Gasteiger partial charge in [0, 0.05) is 5.41 Å². The van der Waals surface area contributed by atoms with Crippen LogP contribution in [0.25, 0.3) is 0 Å². The van der Waals surface area contributed by atoms with Gasteiger partial charge in [-0.15, -0.1) is 0 Å². The van der Waals surface area contributed by atoms with Gasteiger partial charge in [-0.2, -0.15) is 0 Å². The fourth-order valence-corrected chi connectivity index (χ4v) is 0.872. The first-order chi connectivity index (χ1) is 6.39. The van der Waals surface area contributed by atoms with Crippen LogP contribution in [0.2, 0.25) is 0 Å². The Kier molecular flexibility index (Phi) is 2.69. The second-order valence-electron chi connectivity index (χ2n) is 3.91. The summed E-state index contributed by atoms with van der Waals surface area (Å²) in [6, 6.07) is 0. The van der Waals surface area contributed by atoms with Crippen LogP contribution in [-0.2, 0) is 5.41 Å². The minimum atomic E-state index is -0.864. The monoisotopic (exact) mass is 195 g/mol. The largest absolute Gasteiger partial charge is 0.410 e. The molecule has 0 aliphatic heterocycles. The zero-order valence-corrected chi connectivity index (χ0v) is 8.44. The molecule has 2 N–H and O–H groups in total. The van der Waals surface area contributed by atoms with Gasteiger partial charge in [0.15, 0.2) is 5.75 Å². The fraction of sp³-hybridized carbons (Fsp3) is 0.444. The normalized spacial score (nSPS) is 11.1. The summed E-state index contributed by atoms with van der Waals surface area (Å²) in [6.45, 7) is 5.99. The second-order valence-corrected chi connectivity index (χ2v) is 3.91. The Morgan fingerprint density at radius 2 is 1.86 bits per heavy atom. The molecule has 1 rings (SSSR count). The van der Waals surface area contributed by atoms with Crippen LogP contribution < -0.4 is 10.5 Å². The summed E-state index contributed by atoms with van der Waals surface area (Å²) in [5.74, 6) is 0.944. The van der Waals surface area contributed by atoms with E-state index < -0.39 is 6.09 Å². The summed E-state index contributed by atoms with van der Waals surface area (Å²) < 4.78 is 4.60. The first-order valence-electron chi connectivity index (χ1n) is 4.19. The van der Waals surface area contributed by atoms with E-state index in [2.05, 4.69) is 14.7 Å². The van der Waals surface area contributed by atoms with Crippen LogP contribution in [0, 0.1) is 0 Å². The highest BCUT2D eigenvalue weighted by Gasteiger charge is 2.16. The lowest BCUT2D eigenvalue weighted by Gasteiger charge is -2.15. The molecule has 0 atom stereocenters. The number of ether oxygens (including phenoxy) is 1. The minimum absolute atomic E-state index is 0.120. The van der Waals surface area contributed by atoms with Crippen LogP contribution in [0.3, 0.4) is 0 Å². The Morgan fingerprint density at radius 3 is 2.21 bits per heavy atom. The van der Waals surface area contributed by atoms with Crippen molar-refractivity contribution in [1.82, 2.24) is 9.97 Å². The molecular formula is C9H13N3O2. The Hall–Kier alpha value is -1.65. The molecule has 0 aromatic carbocycles.